The summed E-state index contributed by atoms with van der Waals surface area (Å²) in [5.74, 6) is 0.658. The van der Waals surface area contributed by atoms with Gasteiger partial charge in [-0.2, -0.15) is 5.26 Å². The van der Waals surface area contributed by atoms with Crippen LogP contribution in [0.25, 0.3) is 101 Å². The highest BCUT2D eigenvalue weighted by atomic mass is 14.9. The Morgan fingerprint density at radius 1 is 0.354 bits per heavy atom. The van der Waals surface area contributed by atoms with Gasteiger partial charge in [-0.15, -0.1) is 0 Å². The van der Waals surface area contributed by atoms with Crippen molar-refractivity contribution >= 4 is 0 Å². The predicted octanol–water partition coefficient (Wildman–Crippen LogP) is 14.8. The van der Waals surface area contributed by atoms with E-state index in [0.29, 0.717) is 11.4 Å². The van der Waals surface area contributed by atoms with E-state index in [1.165, 1.54) is 27.8 Å². The third-order valence-electron chi connectivity index (χ3n) is 12.7. The molecule has 1 aliphatic rings. The minimum absolute atomic E-state index is 0.297. The predicted molar refractivity (Wildman–Crippen MR) is 263 cm³/mol. The zero-order chi connectivity index (χ0) is 43.9. The maximum absolute atomic E-state index is 9.81. The van der Waals surface area contributed by atoms with E-state index in [2.05, 4.69) is 188 Å². The molecule has 5 heteroatoms. The number of pyridine rings is 2. The van der Waals surface area contributed by atoms with Crippen LogP contribution >= 0.6 is 0 Å². The normalized spacial score (nSPS) is 12.3. The Bertz CT molecular complexity index is 3370. The van der Waals surface area contributed by atoms with Crippen molar-refractivity contribution in [1.82, 2.24) is 19.9 Å². The van der Waals surface area contributed by atoms with Crippen LogP contribution in [0.15, 0.2) is 213 Å². The molecule has 306 valence electrons. The molecular weight excluding hydrogens is 791 g/mol. The van der Waals surface area contributed by atoms with Crippen molar-refractivity contribution in [2.24, 2.45) is 0 Å². The Hall–Kier alpha value is -8.59. The lowest BCUT2D eigenvalue weighted by Crippen LogP contribution is -2.15. The van der Waals surface area contributed by atoms with Crippen molar-refractivity contribution in [3.05, 3.63) is 230 Å². The van der Waals surface area contributed by atoms with Crippen molar-refractivity contribution in [2.75, 3.05) is 0 Å². The molecule has 10 aromatic rings. The highest BCUT2D eigenvalue weighted by Gasteiger charge is 2.36. The summed E-state index contributed by atoms with van der Waals surface area (Å²) in [6.45, 7) is 4.52. The summed E-state index contributed by atoms with van der Waals surface area (Å²) in [4.78, 5) is 19.2. The molecule has 7 aromatic carbocycles. The lowest BCUT2D eigenvalue weighted by Gasteiger charge is -2.22. The fraction of sp³-hybridized carbons (Fsp3) is 0.0500. The van der Waals surface area contributed by atoms with Gasteiger partial charge < -0.3 is 0 Å². The lowest BCUT2D eigenvalue weighted by atomic mass is 9.81. The van der Waals surface area contributed by atoms with E-state index < -0.39 is 0 Å². The van der Waals surface area contributed by atoms with Gasteiger partial charge in [0.15, 0.2) is 5.82 Å². The molecule has 0 radical (unpaired) electrons. The van der Waals surface area contributed by atoms with Crippen molar-refractivity contribution in [3.8, 4) is 107 Å². The van der Waals surface area contributed by atoms with E-state index in [0.717, 1.165) is 78.1 Å². The zero-order valence-corrected chi connectivity index (χ0v) is 35.9. The van der Waals surface area contributed by atoms with E-state index in [4.69, 9.17) is 9.97 Å². The Morgan fingerprint density at radius 2 is 0.769 bits per heavy atom. The molecule has 0 amide bonds. The SMILES string of the molecule is CC1(C)c2cc(C#N)ccc2-c2ccc(-c3cc(-c4cc(-c5ccncc5)cc(-c5ccncc5)c4)cc(-c4cc(-c5ccc(-c6ccccc6)cc5)nc(-c5ccccc5)n4)c3)cc21. The minimum Gasteiger partial charge on any atom is -0.265 e. The molecular formula is C60H41N5. The van der Waals surface area contributed by atoms with Gasteiger partial charge in [-0.05, 0) is 163 Å². The average molecular weight is 832 g/mol. The molecule has 0 atom stereocenters. The van der Waals surface area contributed by atoms with Gasteiger partial charge in [-0.1, -0.05) is 117 Å². The second-order valence-electron chi connectivity index (χ2n) is 17.1. The molecule has 11 rings (SSSR count). The molecule has 0 unspecified atom stereocenters. The number of rotatable bonds is 8. The van der Waals surface area contributed by atoms with Crippen LogP contribution in [0.4, 0.5) is 0 Å². The molecule has 0 fully saturated rings. The van der Waals surface area contributed by atoms with Crippen LogP contribution < -0.4 is 0 Å². The average Bonchev–Trinajstić information content (AvgIpc) is 3.61. The third kappa shape index (κ3) is 7.48. The van der Waals surface area contributed by atoms with Gasteiger partial charge in [-0.3, -0.25) is 9.97 Å². The van der Waals surface area contributed by atoms with Gasteiger partial charge in [0.1, 0.15) is 0 Å². The molecule has 0 spiro atoms. The van der Waals surface area contributed by atoms with Crippen LogP contribution in [0.2, 0.25) is 0 Å². The quantitative estimate of drug-likeness (QED) is 0.152. The van der Waals surface area contributed by atoms with Crippen molar-refractivity contribution < 1.29 is 0 Å². The first-order valence-electron chi connectivity index (χ1n) is 21.8. The molecule has 1 aliphatic carbocycles. The number of hydrogen-bond acceptors (Lipinski definition) is 5. The van der Waals surface area contributed by atoms with Gasteiger partial charge >= 0.3 is 0 Å². The van der Waals surface area contributed by atoms with Crippen LogP contribution in [0.3, 0.4) is 0 Å². The Kier molecular flexibility index (Phi) is 9.83. The standard InChI is InChI=1S/C60H41N5/c1-60(2)55-29-39(38-61)13-19-53(55)54-20-18-46(36-56(54)60)49-33-51(50-31-47(42-21-25-62-26-22-42)30-48(32-50)43-23-27-63-28-24-43)35-52(34-49)58-37-57(64-59(65-58)45-11-7-4-8-12-45)44-16-14-41(15-17-44)40-9-5-3-6-10-40/h3-37H,1-2H3. The molecule has 0 N–H and O–H groups in total. The number of nitrogens with zero attached hydrogens (tertiary/aromatic N) is 5. The maximum atomic E-state index is 9.81. The molecule has 0 aliphatic heterocycles. The number of hydrogen-bond donors (Lipinski definition) is 0. The first kappa shape index (κ1) is 39.3. The van der Waals surface area contributed by atoms with Gasteiger partial charge in [-0.25, -0.2) is 9.97 Å². The van der Waals surface area contributed by atoms with Crippen LogP contribution in [-0.4, -0.2) is 19.9 Å². The van der Waals surface area contributed by atoms with Crippen LogP contribution in [-0.2, 0) is 5.41 Å². The van der Waals surface area contributed by atoms with E-state index in [-0.39, 0.29) is 5.41 Å². The molecule has 0 bridgehead atoms. The molecule has 3 heterocycles. The molecule has 0 saturated carbocycles. The highest BCUT2D eigenvalue weighted by Crippen LogP contribution is 2.50. The van der Waals surface area contributed by atoms with Crippen molar-refractivity contribution in [1.29, 1.82) is 5.26 Å². The summed E-state index contributed by atoms with van der Waals surface area (Å²) >= 11 is 0. The third-order valence-corrected chi connectivity index (χ3v) is 12.7. The number of benzene rings is 7. The van der Waals surface area contributed by atoms with E-state index in [1.54, 1.807) is 0 Å². The summed E-state index contributed by atoms with van der Waals surface area (Å²) in [5.41, 5.74) is 20.7. The largest absolute Gasteiger partial charge is 0.265 e. The van der Waals surface area contributed by atoms with Gasteiger partial charge in [0.05, 0.1) is 23.0 Å². The summed E-state index contributed by atoms with van der Waals surface area (Å²) in [7, 11) is 0. The molecule has 65 heavy (non-hydrogen) atoms. The van der Waals surface area contributed by atoms with Crippen LogP contribution in [0, 0.1) is 11.3 Å². The van der Waals surface area contributed by atoms with E-state index >= 15 is 0 Å². The van der Waals surface area contributed by atoms with Crippen molar-refractivity contribution in [3.63, 3.8) is 0 Å². The van der Waals surface area contributed by atoms with E-state index in [1.807, 2.05) is 55.1 Å². The smallest absolute Gasteiger partial charge is 0.160 e. The topological polar surface area (TPSA) is 75.3 Å². The van der Waals surface area contributed by atoms with Crippen molar-refractivity contribution in [2.45, 2.75) is 19.3 Å². The van der Waals surface area contributed by atoms with E-state index in [9.17, 15) is 5.26 Å². The Labute approximate surface area is 379 Å². The zero-order valence-electron chi connectivity index (χ0n) is 35.9. The summed E-state index contributed by atoms with van der Waals surface area (Å²) < 4.78 is 0. The summed E-state index contributed by atoms with van der Waals surface area (Å²) in [5, 5.41) is 9.81. The van der Waals surface area contributed by atoms with Gasteiger partial charge in [0, 0.05) is 46.9 Å². The van der Waals surface area contributed by atoms with Crippen LogP contribution in [0.1, 0.15) is 30.5 Å². The summed E-state index contributed by atoms with van der Waals surface area (Å²) in [6.07, 6.45) is 7.36. The number of nitriles is 1. The lowest BCUT2D eigenvalue weighted by molar-refractivity contribution is 0.660. The fourth-order valence-electron chi connectivity index (χ4n) is 9.24. The Morgan fingerprint density at radius 3 is 1.34 bits per heavy atom. The number of aromatic nitrogens is 4. The molecule has 3 aromatic heterocycles. The van der Waals surface area contributed by atoms with Gasteiger partial charge in [0.25, 0.3) is 0 Å². The Balaban J connectivity index is 1.12. The second kappa shape index (κ2) is 16.3. The van der Waals surface area contributed by atoms with Gasteiger partial charge in [0.2, 0.25) is 0 Å². The maximum Gasteiger partial charge on any atom is 0.160 e. The van der Waals surface area contributed by atoms with Crippen LogP contribution in [0.5, 0.6) is 0 Å². The first-order valence-corrected chi connectivity index (χ1v) is 21.8. The minimum atomic E-state index is -0.297. The first-order chi connectivity index (χ1) is 31.9. The monoisotopic (exact) mass is 831 g/mol. The molecule has 5 nitrogen and oxygen atoms in total. The second-order valence-corrected chi connectivity index (χ2v) is 17.1. The fourth-order valence-corrected chi connectivity index (χ4v) is 9.24. The number of fused-ring (bicyclic) bond motifs is 3. The molecule has 0 saturated heterocycles. The summed E-state index contributed by atoms with van der Waals surface area (Å²) in [6, 6.07) is 68.5. The highest BCUT2D eigenvalue weighted by molar-refractivity contribution is 5.89.